The third kappa shape index (κ3) is 2.69. The van der Waals surface area contributed by atoms with E-state index < -0.39 is 0 Å². The fourth-order valence-corrected chi connectivity index (χ4v) is 1.90. The van der Waals surface area contributed by atoms with Gasteiger partial charge in [0, 0.05) is 20.2 Å². The molecule has 4 heteroatoms. The number of carbonyl (C=O) groups is 2. The van der Waals surface area contributed by atoms with Gasteiger partial charge in [0.2, 0.25) is 5.91 Å². The third-order valence-electron chi connectivity index (χ3n) is 3.04. The van der Waals surface area contributed by atoms with E-state index in [1.807, 2.05) is 6.07 Å². The topological polar surface area (TPSA) is 57.6 Å². The molecule has 2 rings (SSSR count). The molecule has 0 aliphatic rings. The van der Waals surface area contributed by atoms with Gasteiger partial charge < -0.3 is 10.0 Å². The van der Waals surface area contributed by atoms with E-state index in [0.29, 0.717) is 11.7 Å². The monoisotopic (exact) mass is 269 g/mol. The molecule has 0 bridgehead atoms. The molecule has 0 radical (unpaired) electrons. The van der Waals surface area contributed by atoms with Crippen LogP contribution in [0.5, 0.6) is 5.75 Å². The lowest BCUT2D eigenvalue weighted by Crippen LogP contribution is -2.18. The Morgan fingerprint density at radius 2 is 1.95 bits per heavy atom. The largest absolute Gasteiger partial charge is 0.507 e. The molecule has 0 unspecified atom stereocenters. The van der Waals surface area contributed by atoms with Gasteiger partial charge in [0.05, 0.1) is 5.56 Å². The second-order valence-corrected chi connectivity index (χ2v) is 4.66. The number of phenols is 1. The molecule has 0 aliphatic heterocycles. The number of fused-ring (bicyclic) bond motifs is 1. The molecule has 0 aliphatic carbocycles. The van der Waals surface area contributed by atoms with Crippen molar-refractivity contribution in [3.8, 4) is 5.75 Å². The summed E-state index contributed by atoms with van der Waals surface area (Å²) in [5, 5.41) is 11.1. The van der Waals surface area contributed by atoms with Crippen molar-refractivity contribution in [2.45, 2.75) is 0 Å². The van der Waals surface area contributed by atoms with Gasteiger partial charge in [-0.15, -0.1) is 0 Å². The highest BCUT2D eigenvalue weighted by Gasteiger charge is 2.06. The van der Waals surface area contributed by atoms with Crippen molar-refractivity contribution in [2.75, 3.05) is 14.1 Å². The Labute approximate surface area is 116 Å². The normalized spacial score (nSPS) is 10.9. The lowest BCUT2D eigenvalue weighted by molar-refractivity contribution is -0.123. The maximum atomic E-state index is 11.5. The predicted octanol–water partition coefficient (Wildman–Crippen LogP) is 2.46. The smallest absolute Gasteiger partial charge is 0.246 e. The summed E-state index contributed by atoms with van der Waals surface area (Å²) in [5.74, 6) is -0.122. The highest BCUT2D eigenvalue weighted by atomic mass is 16.3. The van der Waals surface area contributed by atoms with Crippen LogP contribution in [0.25, 0.3) is 16.8 Å². The van der Waals surface area contributed by atoms with Crippen molar-refractivity contribution in [1.82, 2.24) is 4.90 Å². The maximum Gasteiger partial charge on any atom is 0.246 e. The molecule has 102 valence electrons. The minimum atomic E-state index is -0.0932. The molecule has 4 nitrogen and oxygen atoms in total. The van der Waals surface area contributed by atoms with Crippen molar-refractivity contribution in [3.63, 3.8) is 0 Å². The van der Waals surface area contributed by atoms with Crippen LogP contribution in [-0.4, -0.2) is 36.3 Å². The Kier molecular flexibility index (Phi) is 3.84. The van der Waals surface area contributed by atoms with E-state index in [0.717, 1.165) is 10.9 Å². The van der Waals surface area contributed by atoms with Crippen molar-refractivity contribution in [2.24, 2.45) is 0 Å². The fourth-order valence-electron chi connectivity index (χ4n) is 1.90. The quantitative estimate of drug-likeness (QED) is 0.688. The van der Waals surface area contributed by atoms with Crippen molar-refractivity contribution in [1.29, 1.82) is 0 Å². The first kappa shape index (κ1) is 13.8. The number of aromatic hydroxyl groups is 1. The summed E-state index contributed by atoms with van der Waals surface area (Å²) in [4.78, 5) is 24.0. The summed E-state index contributed by atoms with van der Waals surface area (Å²) in [6.07, 6.45) is 3.85. The van der Waals surface area contributed by atoms with Crippen LogP contribution in [0.3, 0.4) is 0 Å². The number of nitrogens with zero attached hydrogens (tertiary/aromatic N) is 1. The number of likely N-dealkylation sites (N-methyl/N-ethyl adjacent to an activating group) is 1. The first-order valence-electron chi connectivity index (χ1n) is 6.13. The number of carbonyl (C=O) groups excluding carboxylic acids is 2. The molecular weight excluding hydrogens is 254 g/mol. The van der Waals surface area contributed by atoms with Crippen molar-refractivity contribution in [3.05, 3.63) is 47.5 Å². The molecule has 0 atom stereocenters. The molecule has 2 aromatic carbocycles. The number of aldehydes is 1. The minimum absolute atomic E-state index is 0.0291. The molecule has 0 spiro atoms. The number of hydrogen-bond acceptors (Lipinski definition) is 3. The Morgan fingerprint density at radius 3 is 2.60 bits per heavy atom. The van der Waals surface area contributed by atoms with E-state index in [4.69, 9.17) is 0 Å². The molecule has 2 aromatic rings. The van der Waals surface area contributed by atoms with Gasteiger partial charge in [-0.3, -0.25) is 9.59 Å². The van der Waals surface area contributed by atoms with Crippen LogP contribution < -0.4 is 0 Å². The van der Waals surface area contributed by atoms with Crippen LogP contribution >= 0.6 is 0 Å². The van der Waals surface area contributed by atoms with Gasteiger partial charge in [-0.1, -0.05) is 18.2 Å². The highest BCUT2D eigenvalue weighted by Crippen LogP contribution is 2.26. The lowest BCUT2D eigenvalue weighted by atomic mass is 10.0. The third-order valence-corrected chi connectivity index (χ3v) is 3.04. The number of amides is 1. The Balaban J connectivity index is 2.43. The SMILES string of the molecule is CN(C)C(=O)C=Cc1ccc2c(C=O)c(O)ccc2c1. The molecular formula is C16H15NO3. The summed E-state index contributed by atoms with van der Waals surface area (Å²) in [7, 11) is 3.37. The summed E-state index contributed by atoms with van der Waals surface area (Å²) in [6.45, 7) is 0. The second-order valence-electron chi connectivity index (χ2n) is 4.66. The van der Waals surface area contributed by atoms with Crippen molar-refractivity contribution >= 4 is 29.0 Å². The van der Waals surface area contributed by atoms with Gasteiger partial charge in [0.1, 0.15) is 5.75 Å². The zero-order valence-corrected chi connectivity index (χ0v) is 11.3. The van der Waals surface area contributed by atoms with E-state index >= 15 is 0 Å². The lowest BCUT2D eigenvalue weighted by Gasteiger charge is -2.06. The van der Waals surface area contributed by atoms with Gasteiger partial charge in [-0.25, -0.2) is 0 Å². The number of benzene rings is 2. The summed E-state index contributed by atoms with van der Waals surface area (Å²) in [6, 6.07) is 8.65. The predicted molar refractivity (Wildman–Crippen MR) is 78.7 cm³/mol. The highest BCUT2D eigenvalue weighted by molar-refractivity contribution is 6.01. The minimum Gasteiger partial charge on any atom is -0.507 e. The fraction of sp³-hybridized carbons (Fsp3) is 0.125. The number of phenolic OH excluding ortho intramolecular Hbond substituents is 1. The molecule has 0 fully saturated rings. The summed E-state index contributed by atoms with van der Waals surface area (Å²) >= 11 is 0. The second kappa shape index (κ2) is 5.57. The number of hydrogen-bond donors (Lipinski definition) is 1. The van der Waals surface area contributed by atoms with Gasteiger partial charge in [-0.05, 0) is 34.5 Å². The van der Waals surface area contributed by atoms with E-state index in [9.17, 15) is 14.7 Å². The Hall–Kier alpha value is -2.62. The zero-order valence-electron chi connectivity index (χ0n) is 11.3. The molecule has 0 saturated carbocycles. The summed E-state index contributed by atoms with van der Waals surface area (Å²) < 4.78 is 0. The Morgan fingerprint density at radius 1 is 1.20 bits per heavy atom. The average Bonchev–Trinajstić information content (AvgIpc) is 2.44. The Bertz CT molecular complexity index is 702. The van der Waals surface area contributed by atoms with Gasteiger partial charge in [0.15, 0.2) is 6.29 Å². The molecule has 1 N–H and O–H groups in total. The maximum absolute atomic E-state index is 11.5. The first-order chi connectivity index (χ1) is 9.52. The van der Waals surface area contributed by atoms with Gasteiger partial charge >= 0.3 is 0 Å². The molecule has 20 heavy (non-hydrogen) atoms. The van der Waals surface area contributed by atoms with Crippen LogP contribution in [-0.2, 0) is 4.79 Å². The van der Waals surface area contributed by atoms with E-state index in [2.05, 4.69) is 0 Å². The van der Waals surface area contributed by atoms with Crippen LogP contribution in [0.4, 0.5) is 0 Å². The van der Waals surface area contributed by atoms with Gasteiger partial charge in [-0.2, -0.15) is 0 Å². The van der Waals surface area contributed by atoms with Crippen molar-refractivity contribution < 1.29 is 14.7 Å². The van der Waals surface area contributed by atoms with Crippen LogP contribution in [0.1, 0.15) is 15.9 Å². The van der Waals surface area contributed by atoms with Crippen LogP contribution in [0, 0.1) is 0 Å². The van der Waals surface area contributed by atoms with E-state index in [-0.39, 0.29) is 17.2 Å². The average molecular weight is 269 g/mol. The zero-order chi connectivity index (χ0) is 14.7. The van der Waals surface area contributed by atoms with Gasteiger partial charge in [0.25, 0.3) is 0 Å². The van der Waals surface area contributed by atoms with E-state index in [1.54, 1.807) is 38.4 Å². The molecule has 0 aromatic heterocycles. The van der Waals surface area contributed by atoms with Crippen LogP contribution in [0.15, 0.2) is 36.4 Å². The van der Waals surface area contributed by atoms with Crippen LogP contribution in [0.2, 0.25) is 0 Å². The van der Waals surface area contributed by atoms with E-state index in [1.165, 1.54) is 17.0 Å². The molecule has 1 amide bonds. The molecule has 0 heterocycles. The first-order valence-corrected chi connectivity index (χ1v) is 6.13. The number of rotatable bonds is 3. The standard InChI is InChI=1S/C16H15NO3/c1-17(2)16(20)8-4-11-3-6-13-12(9-11)5-7-15(19)14(13)10-18/h3-10,19H,1-2H3. The molecule has 0 saturated heterocycles. The summed E-state index contributed by atoms with van der Waals surface area (Å²) in [5.41, 5.74) is 1.14.